The van der Waals surface area contributed by atoms with Gasteiger partial charge in [-0.1, -0.05) is 12.1 Å². The molecule has 0 radical (unpaired) electrons. The molecule has 4 aliphatic rings. The molecule has 2 fully saturated rings. The topological polar surface area (TPSA) is 63.7 Å². The number of nitrogens with zero attached hydrogens (tertiary/aromatic N) is 3. The van der Waals surface area contributed by atoms with Gasteiger partial charge in [-0.25, -0.2) is 0 Å². The second kappa shape index (κ2) is 9.35. The van der Waals surface area contributed by atoms with Crippen molar-refractivity contribution in [3.63, 3.8) is 0 Å². The Hall–Kier alpha value is -2.97. The fourth-order valence-electron chi connectivity index (χ4n) is 5.39. The first kappa shape index (κ1) is 21.6. The Labute approximate surface area is 199 Å². The van der Waals surface area contributed by atoms with Crippen molar-refractivity contribution in [2.75, 3.05) is 59.3 Å². The zero-order valence-electron chi connectivity index (χ0n) is 19.4. The van der Waals surface area contributed by atoms with Gasteiger partial charge in [0.1, 0.15) is 13.2 Å². The van der Waals surface area contributed by atoms with Crippen LogP contribution in [0.1, 0.15) is 30.0 Å². The van der Waals surface area contributed by atoms with E-state index >= 15 is 0 Å². The maximum Gasteiger partial charge on any atom is 0.236 e. The van der Waals surface area contributed by atoms with Gasteiger partial charge in [0.2, 0.25) is 12.7 Å². The largest absolute Gasteiger partial charge is 0.486 e. The van der Waals surface area contributed by atoms with E-state index in [-0.39, 0.29) is 11.9 Å². The van der Waals surface area contributed by atoms with E-state index in [1.807, 2.05) is 17.0 Å². The van der Waals surface area contributed by atoms with Crippen molar-refractivity contribution in [2.24, 2.45) is 0 Å². The van der Waals surface area contributed by atoms with Crippen molar-refractivity contribution in [3.05, 3.63) is 47.5 Å². The number of likely N-dealkylation sites (tertiary alicyclic amines) is 1. The number of ether oxygens (including phenoxy) is 4. The Morgan fingerprint density at radius 2 is 1.56 bits per heavy atom. The molecule has 34 heavy (non-hydrogen) atoms. The predicted octanol–water partition coefficient (Wildman–Crippen LogP) is 2.67. The molecule has 0 aromatic heterocycles. The molecule has 2 aromatic rings. The summed E-state index contributed by atoms with van der Waals surface area (Å²) in [6.45, 7) is 7.07. The van der Waals surface area contributed by atoms with Crippen LogP contribution < -0.4 is 18.9 Å². The number of carbonyl (C=O) groups is 1. The summed E-state index contributed by atoms with van der Waals surface area (Å²) in [5.74, 6) is 3.50. The molecule has 2 aromatic carbocycles. The fourth-order valence-corrected chi connectivity index (χ4v) is 5.39. The Kier molecular flexibility index (Phi) is 5.93. The molecule has 2 saturated heterocycles. The van der Waals surface area contributed by atoms with Crippen molar-refractivity contribution in [3.8, 4) is 23.0 Å². The molecule has 8 nitrogen and oxygen atoms in total. The van der Waals surface area contributed by atoms with E-state index in [1.165, 1.54) is 11.1 Å². The van der Waals surface area contributed by atoms with Gasteiger partial charge >= 0.3 is 0 Å². The van der Waals surface area contributed by atoms with Gasteiger partial charge in [-0.2, -0.15) is 0 Å². The summed E-state index contributed by atoms with van der Waals surface area (Å²) in [7, 11) is 0. The summed E-state index contributed by atoms with van der Waals surface area (Å²) < 4.78 is 22.3. The molecule has 0 N–H and O–H groups in total. The van der Waals surface area contributed by atoms with Crippen LogP contribution in [-0.2, 0) is 11.3 Å². The lowest BCUT2D eigenvalue weighted by Gasteiger charge is -2.36. The SMILES string of the molecule is O=C(CN1CCCC1c1ccc2c(c1)OCCO2)N1CCN(Cc2ccc3c(c2)OCO3)CC1. The third kappa shape index (κ3) is 4.40. The highest BCUT2D eigenvalue weighted by atomic mass is 16.7. The highest BCUT2D eigenvalue weighted by Gasteiger charge is 2.31. The van der Waals surface area contributed by atoms with Crippen LogP contribution in [0.3, 0.4) is 0 Å². The maximum atomic E-state index is 13.1. The Morgan fingerprint density at radius 3 is 2.44 bits per heavy atom. The number of benzene rings is 2. The molecular formula is C26H31N3O5. The van der Waals surface area contributed by atoms with Gasteiger partial charge in [-0.05, 0) is 54.8 Å². The third-order valence-electron chi connectivity index (χ3n) is 7.22. The molecule has 0 aliphatic carbocycles. The zero-order valence-corrected chi connectivity index (χ0v) is 19.4. The second-order valence-electron chi connectivity index (χ2n) is 9.38. The van der Waals surface area contributed by atoms with Crippen molar-refractivity contribution in [1.82, 2.24) is 14.7 Å². The van der Waals surface area contributed by atoms with Gasteiger partial charge < -0.3 is 23.8 Å². The molecule has 0 bridgehead atoms. The molecular weight excluding hydrogens is 434 g/mol. The highest BCUT2D eigenvalue weighted by molar-refractivity contribution is 5.78. The first-order chi connectivity index (χ1) is 16.7. The van der Waals surface area contributed by atoms with Crippen LogP contribution in [0, 0.1) is 0 Å². The predicted molar refractivity (Wildman–Crippen MR) is 125 cm³/mol. The minimum Gasteiger partial charge on any atom is -0.486 e. The summed E-state index contributed by atoms with van der Waals surface area (Å²) >= 11 is 0. The van der Waals surface area contributed by atoms with Crippen molar-refractivity contribution < 1.29 is 23.7 Å². The Bertz CT molecular complexity index is 1050. The molecule has 1 amide bonds. The van der Waals surface area contributed by atoms with Crippen LogP contribution in [0.4, 0.5) is 0 Å². The third-order valence-corrected chi connectivity index (χ3v) is 7.22. The Morgan fingerprint density at radius 1 is 0.824 bits per heavy atom. The average molecular weight is 466 g/mol. The van der Waals surface area contributed by atoms with E-state index < -0.39 is 0 Å². The number of rotatable bonds is 5. The summed E-state index contributed by atoms with van der Waals surface area (Å²) in [5.41, 5.74) is 2.42. The number of carbonyl (C=O) groups excluding carboxylic acids is 1. The van der Waals surface area contributed by atoms with E-state index in [1.54, 1.807) is 0 Å². The number of hydrogen-bond acceptors (Lipinski definition) is 7. The molecule has 8 heteroatoms. The minimum atomic E-state index is 0.229. The number of hydrogen-bond donors (Lipinski definition) is 0. The summed E-state index contributed by atoms with van der Waals surface area (Å²) in [5, 5.41) is 0. The Balaban J connectivity index is 1.03. The van der Waals surface area contributed by atoms with E-state index in [0.29, 0.717) is 26.6 Å². The van der Waals surface area contributed by atoms with Gasteiger partial charge in [0.15, 0.2) is 23.0 Å². The summed E-state index contributed by atoms with van der Waals surface area (Å²) in [4.78, 5) is 19.9. The first-order valence-electron chi connectivity index (χ1n) is 12.3. The van der Waals surface area contributed by atoms with Gasteiger partial charge in [0.05, 0.1) is 6.54 Å². The number of piperazine rings is 1. The van der Waals surface area contributed by atoms with Crippen molar-refractivity contribution in [1.29, 1.82) is 0 Å². The van der Waals surface area contributed by atoms with Crippen LogP contribution in [-0.4, -0.2) is 79.9 Å². The lowest BCUT2D eigenvalue weighted by molar-refractivity contribution is -0.134. The molecule has 1 atom stereocenters. The summed E-state index contributed by atoms with van der Waals surface area (Å²) in [6.07, 6.45) is 2.17. The standard InChI is InChI=1S/C26H31N3O5/c30-26(17-29-7-1-2-21(29)20-4-6-22-25(15-20)32-13-12-31-22)28-10-8-27(9-11-28)16-19-3-5-23-24(14-19)34-18-33-23/h3-6,14-15,21H,1-2,7-13,16-18H2. The normalized spacial score (nSPS) is 22.2. The van der Waals surface area contributed by atoms with Crippen LogP contribution in [0.5, 0.6) is 23.0 Å². The molecule has 180 valence electrons. The van der Waals surface area contributed by atoms with E-state index in [4.69, 9.17) is 18.9 Å². The smallest absolute Gasteiger partial charge is 0.236 e. The van der Waals surface area contributed by atoms with E-state index in [0.717, 1.165) is 75.1 Å². The van der Waals surface area contributed by atoms with E-state index in [9.17, 15) is 4.79 Å². The maximum absolute atomic E-state index is 13.1. The van der Waals surface area contributed by atoms with Crippen LogP contribution in [0.25, 0.3) is 0 Å². The minimum absolute atomic E-state index is 0.229. The van der Waals surface area contributed by atoms with Crippen LogP contribution in [0.2, 0.25) is 0 Å². The number of fused-ring (bicyclic) bond motifs is 2. The van der Waals surface area contributed by atoms with Crippen molar-refractivity contribution in [2.45, 2.75) is 25.4 Å². The first-order valence-corrected chi connectivity index (χ1v) is 12.3. The molecule has 0 saturated carbocycles. The average Bonchev–Trinajstić information content (AvgIpc) is 3.53. The monoisotopic (exact) mass is 465 g/mol. The summed E-state index contributed by atoms with van der Waals surface area (Å²) in [6, 6.07) is 12.6. The molecule has 0 spiro atoms. The quantitative estimate of drug-likeness (QED) is 0.673. The fraction of sp³-hybridized carbons (Fsp3) is 0.500. The van der Waals surface area contributed by atoms with Crippen LogP contribution in [0.15, 0.2) is 36.4 Å². The van der Waals surface area contributed by atoms with Crippen LogP contribution >= 0.6 is 0 Å². The molecule has 4 aliphatic heterocycles. The van der Waals surface area contributed by atoms with Gasteiger partial charge in [-0.15, -0.1) is 0 Å². The lowest BCUT2D eigenvalue weighted by atomic mass is 10.0. The van der Waals surface area contributed by atoms with Crippen molar-refractivity contribution >= 4 is 5.91 Å². The van der Waals surface area contributed by atoms with Gasteiger partial charge in [-0.3, -0.25) is 14.6 Å². The van der Waals surface area contributed by atoms with E-state index in [2.05, 4.69) is 34.1 Å². The molecule has 6 rings (SSSR count). The lowest BCUT2D eigenvalue weighted by Crippen LogP contribution is -2.50. The molecule has 1 unspecified atom stereocenters. The second-order valence-corrected chi connectivity index (χ2v) is 9.38. The zero-order chi connectivity index (χ0) is 22.9. The van der Waals surface area contributed by atoms with Gasteiger partial charge in [0, 0.05) is 38.8 Å². The number of amides is 1. The van der Waals surface area contributed by atoms with Gasteiger partial charge in [0.25, 0.3) is 0 Å². The highest BCUT2D eigenvalue weighted by Crippen LogP contribution is 2.38. The molecule has 4 heterocycles.